The smallest absolute Gasteiger partial charge is 0.339 e. The summed E-state index contributed by atoms with van der Waals surface area (Å²) in [7, 11) is 1.42. The molecule has 2 N–H and O–H groups in total. The Bertz CT molecular complexity index is 544. The van der Waals surface area contributed by atoms with Crippen molar-refractivity contribution in [3.63, 3.8) is 0 Å². The number of anilines is 1. The zero-order valence-corrected chi connectivity index (χ0v) is 10.3. The van der Waals surface area contributed by atoms with Crippen molar-refractivity contribution in [2.45, 2.75) is 18.9 Å². The minimum absolute atomic E-state index is 0.00477. The Morgan fingerprint density at radius 1 is 1.53 bits per heavy atom. The van der Waals surface area contributed by atoms with Crippen LogP contribution in [0.2, 0.25) is 0 Å². The lowest BCUT2D eigenvalue weighted by Crippen LogP contribution is -2.48. The Hall–Kier alpha value is -2.44. The van der Waals surface area contributed by atoms with E-state index in [0.717, 1.165) is 4.90 Å². The van der Waals surface area contributed by atoms with Gasteiger partial charge in [0, 0.05) is 25.9 Å². The van der Waals surface area contributed by atoms with Crippen LogP contribution in [0, 0.1) is 0 Å². The van der Waals surface area contributed by atoms with Crippen LogP contribution in [0.3, 0.4) is 0 Å². The summed E-state index contributed by atoms with van der Waals surface area (Å²) >= 11 is 0. The molecule has 1 aliphatic rings. The normalized spacial score (nSPS) is 19.4. The van der Waals surface area contributed by atoms with E-state index >= 15 is 0 Å². The highest BCUT2D eigenvalue weighted by Crippen LogP contribution is 2.20. The van der Waals surface area contributed by atoms with Crippen molar-refractivity contribution in [1.82, 2.24) is 9.88 Å². The van der Waals surface area contributed by atoms with Gasteiger partial charge in [-0.2, -0.15) is 0 Å². The van der Waals surface area contributed by atoms with Crippen LogP contribution in [-0.2, 0) is 9.59 Å². The molecule has 100 valence electrons. The number of piperidine rings is 1. The first-order valence-electron chi connectivity index (χ1n) is 5.75. The van der Waals surface area contributed by atoms with Gasteiger partial charge in [-0.3, -0.25) is 19.5 Å². The number of nitrogens with zero attached hydrogens (tertiary/aromatic N) is 2. The van der Waals surface area contributed by atoms with Gasteiger partial charge in [0.25, 0.3) is 5.91 Å². The summed E-state index contributed by atoms with van der Waals surface area (Å²) in [5, 5.41) is 11.9. The monoisotopic (exact) mass is 263 g/mol. The number of aromatic carboxylic acids is 1. The highest BCUT2D eigenvalue weighted by molar-refractivity contribution is 6.02. The van der Waals surface area contributed by atoms with E-state index in [9.17, 15) is 14.4 Å². The summed E-state index contributed by atoms with van der Waals surface area (Å²) in [5.74, 6) is -1.70. The molecular formula is C12H13N3O4. The van der Waals surface area contributed by atoms with Gasteiger partial charge in [-0.05, 0) is 12.5 Å². The highest BCUT2D eigenvalue weighted by atomic mass is 16.4. The minimum Gasteiger partial charge on any atom is -0.478 e. The maximum Gasteiger partial charge on any atom is 0.339 e. The second kappa shape index (κ2) is 5.05. The van der Waals surface area contributed by atoms with Crippen LogP contribution in [0.1, 0.15) is 23.2 Å². The Balaban J connectivity index is 2.20. The van der Waals surface area contributed by atoms with Crippen molar-refractivity contribution in [1.29, 1.82) is 0 Å². The number of carboxylic acids is 1. The Morgan fingerprint density at radius 2 is 2.26 bits per heavy atom. The van der Waals surface area contributed by atoms with Gasteiger partial charge in [-0.1, -0.05) is 0 Å². The molecule has 0 spiro atoms. The van der Waals surface area contributed by atoms with E-state index in [0.29, 0.717) is 12.1 Å². The van der Waals surface area contributed by atoms with Crippen LogP contribution in [0.4, 0.5) is 5.69 Å². The molecule has 7 nitrogen and oxygen atoms in total. The molecule has 0 aromatic carbocycles. The minimum atomic E-state index is -1.12. The molecule has 0 aliphatic carbocycles. The van der Waals surface area contributed by atoms with E-state index in [1.54, 1.807) is 0 Å². The van der Waals surface area contributed by atoms with Crippen LogP contribution < -0.4 is 5.32 Å². The molecule has 0 saturated carbocycles. The van der Waals surface area contributed by atoms with Crippen molar-refractivity contribution >= 4 is 23.5 Å². The van der Waals surface area contributed by atoms with E-state index in [-0.39, 0.29) is 23.8 Å². The molecule has 0 bridgehead atoms. The summed E-state index contributed by atoms with van der Waals surface area (Å²) in [5.41, 5.74) is 0.318. The van der Waals surface area contributed by atoms with Gasteiger partial charge < -0.3 is 10.4 Å². The van der Waals surface area contributed by atoms with Crippen molar-refractivity contribution in [2.24, 2.45) is 0 Å². The third-order valence-electron chi connectivity index (χ3n) is 3.03. The molecule has 1 aromatic rings. The number of hydrogen-bond donors (Lipinski definition) is 2. The van der Waals surface area contributed by atoms with Crippen LogP contribution in [0.15, 0.2) is 18.5 Å². The standard InChI is InChI=1S/C12H13N3O4/c1-15-10(16)3-2-9(11(15)17)14-8-4-5-13-6-7(8)12(18)19/h4-6,9H,2-3H2,1H3,(H,13,14)(H,18,19). The van der Waals surface area contributed by atoms with E-state index in [1.807, 2.05) is 0 Å². The number of nitrogens with one attached hydrogen (secondary N) is 1. The average molecular weight is 263 g/mol. The van der Waals surface area contributed by atoms with Crippen molar-refractivity contribution < 1.29 is 19.5 Å². The molecule has 1 atom stereocenters. The van der Waals surface area contributed by atoms with Crippen LogP contribution in [0.25, 0.3) is 0 Å². The number of aromatic nitrogens is 1. The van der Waals surface area contributed by atoms with Gasteiger partial charge in [0.2, 0.25) is 5.91 Å². The zero-order valence-electron chi connectivity index (χ0n) is 10.3. The number of amides is 2. The number of hydrogen-bond acceptors (Lipinski definition) is 5. The molecular weight excluding hydrogens is 250 g/mol. The third kappa shape index (κ3) is 2.54. The Morgan fingerprint density at radius 3 is 2.95 bits per heavy atom. The predicted octanol–water partition coefficient (Wildman–Crippen LogP) is 0.339. The molecule has 1 aromatic heterocycles. The summed E-state index contributed by atoms with van der Waals surface area (Å²) in [4.78, 5) is 39.1. The fourth-order valence-corrected chi connectivity index (χ4v) is 1.93. The van der Waals surface area contributed by atoms with E-state index in [4.69, 9.17) is 5.11 Å². The van der Waals surface area contributed by atoms with E-state index < -0.39 is 12.0 Å². The fourth-order valence-electron chi connectivity index (χ4n) is 1.93. The number of rotatable bonds is 3. The molecule has 1 fully saturated rings. The number of likely N-dealkylation sites (tertiary alicyclic amines) is 1. The largest absolute Gasteiger partial charge is 0.478 e. The summed E-state index contributed by atoms with van der Waals surface area (Å²) < 4.78 is 0. The molecule has 2 heterocycles. The average Bonchev–Trinajstić information content (AvgIpc) is 2.40. The van der Waals surface area contributed by atoms with Crippen LogP contribution in [-0.4, -0.2) is 45.9 Å². The first kappa shape index (κ1) is 13.0. The Labute approximate surface area is 109 Å². The summed E-state index contributed by atoms with van der Waals surface area (Å²) in [6.07, 6.45) is 3.26. The van der Waals surface area contributed by atoms with E-state index in [1.165, 1.54) is 25.5 Å². The Kier molecular flexibility index (Phi) is 3.46. The summed E-state index contributed by atoms with van der Waals surface area (Å²) in [6, 6.07) is 0.899. The number of pyridine rings is 1. The molecule has 1 saturated heterocycles. The molecule has 1 unspecified atom stereocenters. The number of carbonyl (C=O) groups is 3. The molecule has 2 amide bonds. The second-order valence-electron chi connectivity index (χ2n) is 4.25. The molecule has 7 heteroatoms. The van der Waals surface area contributed by atoms with Crippen molar-refractivity contribution in [3.05, 3.63) is 24.0 Å². The van der Waals surface area contributed by atoms with Crippen molar-refractivity contribution in [3.8, 4) is 0 Å². The number of carboxylic acid groups (broad SMARTS) is 1. The summed E-state index contributed by atoms with van der Waals surface area (Å²) in [6.45, 7) is 0. The first-order chi connectivity index (χ1) is 9.00. The lowest BCUT2D eigenvalue weighted by atomic mass is 10.0. The molecule has 19 heavy (non-hydrogen) atoms. The van der Waals surface area contributed by atoms with Crippen molar-refractivity contribution in [2.75, 3.05) is 12.4 Å². The lowest BCUT2D eigenvalue weighted by Gasteiger charge is -2.29. The lowest BCUT2D eigenvalue weighted by molar-refractivity contribution is -0.146. The van der Waals surface area contributed by atoms with Gasteiger partial charge in [0.1, 0.15) is 11.6 Å². The van der Waals surface area contributed by atoms with Gasteiger partial charge in [0.15, 0.2) is 0 Å². The first-order valence-corrected chi connectivity index (χ1v) is 5.75. The number of carbonyl (C=O) groups excluding carboxylic acids is 2. The molecule has 1 aliphatic heterocycles. The fraction of sp³-hybridized carbons (Fsp3) is 0.333. The van der Waals surface area contributed by atoms with Gasteiger partial charge in [0.05, 0.1) is 5.69 Å². The van der Waals surface area contributed by atoms with Crippen LogP contribution >= 0.6 is 0 Å². The number of imide groups is 1. The van der Waals surface area contributed by atoms with E-state index in [2.05, 4.69) is 10.3 Å². The molecule has 0 radical (unpaired) electrons. The maximum atomic E-state index is 11.9. The maximum absolute atomic E-state index is 11.9. The van der Waals surface area contributed by atoms with Gasteiger partial charge >= 0.3 is 5.97 Å². The molecule has 2 rings (SSSR count). The van der Waals surface area contributed by atoms with Gasteiger partial charge in [-0.25, -0.2) is 4.79 Å². The second-order valence-corrected chi connectivity index (χ2v) is 4.25. The quantitative estimate of drug-likeness (QED) is 0.763. The third-order valence-corrected chi connectivity index (χ3v) is 3.03. The SMILES string of the molecule is CN1C(=O)CCC(Nc2ccncc2C(=O)O)C1=O. The van der Waals surface area contributed by atoms with Gasteiger partial charge in [-0.15, -0.1) is 0 Å². The topological polar surface area (TPSA) is 99.6 Å². The highest BCUT2D eigenvalue weighted by Gasteiger charge is 2.32. The number of likely N-dealkylation sites (N-methyl/N-ethyl adjacent to an activating group) is 1. The predicted molar refractivity (Wildman–Crippen MR) is 65.6 cm³/mol. The zero-order chi connectivity index (χ0) is 14.0. The van der Waals surface area contributed by atoms with Crippen LogP contribution in [0.5, 0.6) is 0 Å².